The topological polar surface area (TPSA) is 122 Å². The number of non-ortho nitro benzene ring substituents is 1. The summed E-state index contributed by atoms with van der Waals surface area (Å²) in [5.41, 5.74) is 2.42. The van der Waals surface area contributed by atoms with E-state index in [1.54, 1.807) is 19.9 Å². The molecule has 2 N–H and O–H groups in total. The number of nitro groups is 1. The predicted molar refractivity (Wildman–Crippen MR) is 121 cm³/mol. The van der Waals surface area contributed by atoms with Crippen LogP contribution in [0.15, 0.2) is 76.9 Å². The molecule has 2 aromatic carbocycles. The van der Waals surface area contributed by atoms with Gasteiger partial charge in [0.2, 0.25) is 5.91 Å². The van der Waals surface area contributed by atoms with Gasteiger partial charge in [-0.3, -0.25) is 24.7 Å². The number of carboxylic acid groups (broad SMARTS) is 1. The minimum atomic E-state index is -1.11. The largest absolute Gasteiger partial charge is 0.481 e. The number of carbonyl (C=O) groups excluding carboxylic acids is 1. The molecule has 1 amide bonds. The summed E-state index contributed by atoms with van der Waals surface area (Å²) in [4.78, 5) is 39.9. The van der Waals surface area contributed by atoms with E-state index in [-0.39, 0.29) is 17.8 Å². The fraction of sp³-hybridized carbons (Fsp3) is 0.208. The van der Waals surface area contributed by atoms with Gasteiger partial charge in [-0.2, -0.15) is 0 Å². The second-order valence-electron chi connectivity index (χ2n) is 7.42. The molecule has 0 bridgehead atoms. The SMILES string of the molecule is CC1=NC(C)=C(C(=O)NCC=Cc2ccccc2)C(c2ccc([N+](=O)[O-])cc2)C1C(=O)O. The molecule has 0 saturated heterocycles. The summed E-state index contributed by atoms with van der Waals surface area (Å²) in [5.74, 6) is -3.41. The van der Waals surface area contributed by atoms with Crippen molar-refractivity contribution >= 4 is 29.4 Å². The highest BCUT2D eigenvalue weighted by Crippen LogP contribution is 2.39. The molecule has 3 rings (SSSR count). The molecule has 2 unspecified atom stereocenters. The van der Waals surface area contributed by atoms with Crippen LogP contribution in [0.3, 0.4) is 0 Å². The third-order valence-corrected chi connectivity index (χ3v) is 5.29. The molecule has 8 heteroatoms. The Morgan fingerprint density at radius 2 is 1.78 bits per heavy atom. The number of nitrogens with zero attached hydrogens (tertiary/aromatic N) is 2. The maximum Gasteiger partial charge on any atom is 0.313 e. The number of allylic oxidation sites excluding steroid dienone is 1. The summed E-state index contributed by atoms with van der Waals surface area (Å²) in [7, 11) is 0. The Kier molecular flexibility index (Phi) is 6.94. The number of aliphatic carboxylic acids is 1. The zero-order chi connectivity index (χ0) is 23.3. The zero-order valence-electron chi connectivity index (χ0n) is 17.7. The summed E-state index contributed by atoms with van der Waals surface area (Å²) >= 11 is 0. The fourth-order valence-corrected chi connectivity index (χ4v) is 3.82. The molecule has 0 radical (unpaired) electrons. The Balaban J connectivity index is 1.89. The third kappa shape index (κ3) is 4.97. The van der Waals surface area contributed by atoms with Gasteiger partial charge in [0.25, 0.3) is 5.69 Å². The molecular formula is C24H23N3O5. The van der Waals surface area contributed by atoms with Gasteiger partial charge in [0.05, 0.1) is 4.92 Å². The summed E-state index contributed by atoms with van der Waals surface area (Å²) in [6.45, 7) is 3.52. The van der Waals surface area contributed by atoms with E-state index in [2.05, 4.69) is 10.3 Å². The number of amides is 1. The van der Waals surface area contributed by atoms with Crippen molar-refractivity contribution in [1.29, 1.82) is 0 Å². The highest BCUT2D eigenvalue weighted by molar-refractivity contribution is 6.07. The molecule has 0 saturated carbocycles. The molecule has 164 valence electrons. The highest BCUT2D eigenvalue weighted by Gasteiger charge is 2.40. The van der Waals surface area contributed by atoms with Crippen molar-refractivity contribution in [1.82, 2.24) is 5.32 Å². The van der Waals surface area contributed by atoms with Crippen molar-refractivity contribution < 1.29 is 19.6 Å². The first kappa shape index (κ1) is 22.6. The van der Waals surface area contributed by atoms with E-state index in [0.29, 0.717) is 17.0 Å². The van der Waals surface area contributed by atoms with Gasteiger partial charge < -0.3 is 10.4 Å². The van der Waals surface area contributed by atoms with E-state index in [1.807, 2.05) is 36.4 Å². The van der Waals surface area contributed by atoms with Gasteiger partial charge >= 0.3 is 5.97 Å². The van der Waals surface area contributed by atoms with Crippen molar-refractivity contribution in [3.05, 3.63) is 93.2 Å². The van der Waals surface area contributed by atoms with Crippen LogP contribution in [0.25, 0.3) is 6.08 Å². The number of nitro benzene ring substituents is 1. The van der Waals surface area contributed by atoms with Crippen LogP contribution in [-0.4, -0.2) is 34.2 Å². The number of nitrogens with one attached hydrogen (secondary N) is 1. The van der Waals surface area contributed by atoms with Crippen LogP contribution in [-0.2, 0) is 9.59 Å². The van der Waals surface area contributed by atoms with Crippen molar-refractivity contribution in [2.24, 2.45) is 10.9 Å². The lowest BCUT2D eigenvalue weighted by atomic mass is 9.75. The molecule has 32 heavy (non-hydrogen) atoms. The Bertz CT molecular complexity index is 1120. The average molecular weight is 433 g/mol. The van der Waals surface area contributed by atoms with Crippen LogP contribution in [0.4, 0.5) is 5.69 Å². The second kappa shape index (κ2) is 9.82. The lowest BCUT2D eigenvalue weighted by Crippen LogP contribution is -2.38. The molecule has 0 aliphatic carbocycles. The molecule has 8 nitrogen and oxygen atoms in total. The molecule has 0 spiro atoms. The van der Waals surface area contributed by atoms with Crippen molar-refractivity contribution in [2.45, 2.75) is 19.8 Å². The summed E-state index contributed by atoms with van der Waals surface area (Å²) in [6.07, 6.45) is 3.68. The standard InChI is InChI=1S/C24H23N3O5/c1-15-20(23(28)25-14-6-9-17-7-4-3-5-8-17)22(21(24(29)30)16(2)26-15)18-10-12-19(13-11-18)27(31)32/h3-13,21-22H,14H2,1-2H3,(H,25,28)(H,29,30). The number of hydrogen-bond acceptors (Lipinski definition) is 5. The number of carboxylic acids is 1. The van der Waals surface area contributed by atoms with Gasteiger partial charge in [0.15, 0.2) is 0 Å². The summed E-state index contributed by atoms with van der Waals surface area (Å²) in [5, 5.41) is 23.7. The minimum absolute atomic E-state index is 0.112. The molecule has 1 aliphatic rings. The Morgan fingerprint density at radius 3 is 2.38 bits per heavy atom. The normalized spacial score (nSPS) is 18.4. The predicted octanol–water partition coefficient (Wildman–Crippen LogP) is 3.96. The Hall–Kier alpha value is -4.07. The maximum atomic E-state index is 13.1. The van der Waals surface area contributed by atoms with Crippen molar-refractivity contribution in [2.75, 3.05) is 6.54 Å². The van der Waals surface area contributed by atoms with E-state index < -0.39 is 28.6 Å². The summed E-state index contributed by atoms with van der Waals surface area (Å²) < 4.78 is 0. The molecule has 0 aromatic heterocycles. The second-order valence-corrected chi connectivity index (χ2v) is 7.42. The number of aliphatic imine (C=N–C) groups is 1. The van der Waals surface area contributed by atoms with Gasteiger partial charge in [0.1, 0.15) is 5.92 Å². The van der Waals surface area contributed by atoms with Crippen molar-refractivity contribution in [3.8, 4) is 0 Å². The van der Waals surface area contributed by atoms with Gasteiger partial charge in [0, 0.05) is 41.6 Å². The monoisotopic (exact) mass is 433 g/mol. The fourth-order valence-electron chi connectivity index (χ4n) is 3.82. The minimum Gasteiger partial charge on any atom is -0.481 e. The first-order valence-corrected chi connectivity index (χ1v) is 10.0. The van der Waals surface area contributed by atoms with Crippen LogP contribution in [0.5, 0.6) is 0 Å². The van der Waals surface area contributed by atoms with E-state index in [1.165, 1.54) is 24.3 Å². The zero-order valence-corrected chi connectivity index (χ0v) is 17.7. The molecule has 1 heterocycles. The van der Waals surface area contributed by atoms with Crippen LogP contribution in [0.1, 0.15) is 30.9 Å². The van der Waals surface area contributed by atoms with E-state index in [9.17, 15) is 24.8 Å². The van der Waals surface area contributed by atoms with Gasteiger partial charge in [-0.05, 0) is 25.0 Å². The smallest absolute Gasteiger partial charge is 0.313 e. The molecule has 0 fully saturated rings. The van der Waals surface area contributed by atoms with Crippen molar-refractivity contribution in [3.63, 3.8) is 0 Å². The van der Waals surface area contributed by atoms with Crippen LogP contribution in [0.2, 0.25) is 0 Å². The summed E-state index contributed by atoms with van der Waals surface area (Å²) in [6, 6.07) is 15.2. The number of rotatable bonds is 7. The quantitative estimate of drug-likeness (QED) is 0.506. The number of benzene rings is 2. The van der Waals surface area contributed by atoms with Crippen LogP contribution >= 0.6 is 0 Å². The van der Waals surface area contributed by atoms with E-state index >= 15 is 0 Å². The molecule has 2 atom stereocenters. The average Bonchev–Trinajstić information content (AvgIpc) is 2.76. The number of carbonyl (C=O) groups is 2. The lowest BCUT2D eigenvalue weighted by Gasteiger charge is -2.30. The van der Waals surface area contributed by atoms with Crippen LogP contribution in [0, 0.1) is 16.0 Å². The first-order valence-electron chi connectivity index (χ1n) is 10.0. The van der Waals surface area contributed by atoms with E-state index in [4.69, 9.17) is 0 Å². The van der Waals surface area contributed by atoms with Gasteiger partial charge in [-0.1, -0.05) is 54.6 Å². The lowest BCUT2D eigenvalue weighted by molar-refractivity contribution is -0.384. The maximum absolute atomic E-state index is 13.1. The molecule has 2 aromatic rings. The third-order valence-electron chi connectivity index (χ3n) is 5.29. The molecule has 1 aliphatic heterocycles. The highest BCUT2D eigenvalue weighted by atomic mass is 16.6. The Labute approximate surface area is 185 Å². The van der Waals surface area contributed by atoms with Gasteiger partial charge in [-0.25, -0.2) is 0 Å². The van der Waals surface area contributed by atoms with Gasteiger partial charge in [-0.15, -0.1) is 0 Å². The molecular weight excluding hydrogens is 410 g/mol. The first-order chi connectivity index (χ1) is 15.3. The number of hydrogen-bond donors (Lipinski definition) is 2. The Morgan fingerprint density at radius 1 is 1.12 bits per heavy atom. The van der Waals surface area contributed by atoms with E-state index in [0.717, 1.165) is 5.56 Å². The van der Waals surface area contributed by atoms with Crippen LogP contribution < -0.4 is 5.32 Å².